The molecule has 0 aliphatic rings. The van der Waals surface area contributed by atoms with Crippen molar-refractivity contribution in [1.82, 2.24) is 0 Å². The fraction of sp³-hybridized carbons (Fsp3) is 0.227. The van der Waals surface area contributed by atoms with E-state index in [1.54, 1.807) is 18.2 Å². The van der Waals surface area contributed by atoms with Gasteiger partial charge in [0.2, 0.25) is 5.76 Å². The topological polar surface area (TPSA) is 65.0 Å². The minimum Gasteiger partial charge on any atom is -0.493 e. The summed E-state index contributed by atoms with van der Waals surface area (Å²) >= 11 is 7.82. The average molecular weight is 433 g/mol. The standard InChI is InChI=1S/C22H21ClO5S/c1-12(2)13-5-7-14(8-6-13)28-18(22(24)25)10-15-9-16-19(29-15)11-17(26-3)21(27-4)20(16)23/h5-12H,1-4H3,(H,24,25)/b18-10-. The fourth-order valence-corrected chi connectivity index (χ4v) is 4.26. The zero-order valence-electron chi connectivity index (χ0n) is 16.5. The highest BCUT2D eigenvalue weighted by Gasteiger charge is 2.17. The molecule has 152 valence electrons. The number of carboxylic acid groups (broad SMARTS) is 1. The second-order valence-corrected chi connectivity index (χ2v) is 8.12. The minimum atomic E-state index is -1.16. The Morgan fingerprint density at radius 1 is 1.14 bits per heavy atom. The monoisotopic (exact) mass is 432 g/mol. The van der Waals surface area contributed by atoms with Gasteiger partial charge >= 0.3 is 5.97 Å². The Hall–Kier alpha value is -2.70. The first-order chi connectivity index (χ1) is 13.8. The van der Waals surface area contributed by atoms with Gasteiger partial charge in [-0.25, -0.2) is 4.79 Å². The van der Waals surface area contributed by atoms with Gasteiger partial charge in [0.05, 0.1) is 19.2 Å². The number of halogens is 1. The molecule has 1 N–H and O–H groups in total. The normalized spacial score (nSPS) is 11.7. The van der Waals surface area contributed by atoms with Crippen LogP contribution in [-0.4, -0.2) is 25.3 Å². The first kappa shape index (κ1) is 21.0. The zero-order valence-corrected chi connectivity index (χ0v) is 18.1. The Morgan fingerprint density at radius 2 is 1.83 bits per heavy atom. The summed E-state index contributed by atoms with van der Waals surface area (Å²) in [5, 5.41) is 10.8. The van der Waals surface area contributed by atoms with Gasteiger partial charge in [0.15, 0.2) is 11.5 Å². The second-order valence-electron chi connectivity index (χ2n) is 6.63. The fourth-order valence-electron chi connectivity index (χ4n) is 2.84. The van der Waals surface area contributed by atoms with Gasteiger partial charge in [0.25, 0.3) is 0 Å². The van der Waals surface area contributed by atoms with Crippen molar-refractivity contribution in [2.45, 2.75) is 19.8 Å². The molecule has 1 heterocycles. The number of hydrogen-bond donors (Lipinski definition) is 1. The van der Waals surface area contributed by atoms with E-state index in [1.165, 1.54) is 31.6 Å². The Kier molecular flexibility index (Phi) is 6.35. The number of fused-ring (bicyclic) bond motifs is 1. The van der Waals surface area contributed by atoms with E-state index in [9.17, 15) is 9.90 Å². The predicted molar refractivity (Wildman–Crippen MR) is 117 cm³/mol. The molecule has 3 aromatic rings. The summed E-state index contributed by atoms with van der Waals surface area (Å²) in [7, 11) is 3.05. The SMILES string of the molecule is COc1cc2sc(/C=C(\Oc3ccc(C(C)C)cc3)C(=O)O)cc2c(Cl)c1OC. The number of methoxy groups -OCH3 is 2. The maximum Gasteiger partial charge on any atom is 0.371 e. The lowest BCUT2D eigenvalue weighted by molar-refractivity contribution is -0.134. The van der Waals surface area contributed by atoms with Gasteiger partial charge in [-0.2, -0.15) is 0 Å². The van der Waals surface area contributed by atoms with Crippen LogP contribution in [0.1, 0.15) is 30.2 Å². The molecule has 2 aromatic carbocycles. The van der Waals surface area contributed by atoms with Gasteiger partial charge < -0.3 is 19.3 Å². The van der Waals surface area contributed by atoms with Crippen molar-refractivity contribution in [3.8, 4) is 17.2 Å². The summed E-state index contributed by atoms with van der Waals surface area (Å²) in [5.41, 5.74) is 1.15. The highest BCUT2D eigenvalue weighted by molar-refractivity contribution is 7.20. The van der Waals surface area contributed by atoms with Gasteiger partial charge in [-0.15, -0.1) is 11.3 Å². The third-order valence-electron chi connectivity index (χ3n) is 4.38. The highest BCUT2D eigenvalue weighted by Crippen LogP contribution is 2.44. The molecule has 0 saturated heterocycles. The molecule has 0 fully saturated rings. The van der Waals surface area contributed by atoms with Crippen molar-refractivity contribution in [3.05, 3.63) is 57.6 Å². The van der Waals surface area contributed by atoms with Crippen LogP contribution in [0.5, 0.6) is 17.2 Å². The molecule has 0 amide bonds. The van der Waals surface area contributed by atoms with Crippen molar-refractivity contribution in [2.75, 3.05) is 14.2 Å². The number of aliphatic carboxylic acids is 1. The van der Waals surface area contributed by atoms with E-state index < -0.39 is 5.97 Å². The molecule has 0 aliphatic heterocycles. The molecule has 5 nitrogen and oxygen atoms in total. The lowest BCUT2D eigenvalue weighted by Gasteiger charge is -2.09. The number of hydrogen-bond acceptors (Lipinski definition) is 5. The van der Waals surface area contributed by atoms with E-state index in [2.05, 4.69) is 13.8 Å². The van der Waals surface area contributed by atoms with Crippen LogP contribution in [0.25, 0.3) is 16.2 Å². The largest absolute Gasteiger partial charge is 0.493 e. The Balaban J connectivity index is 1.97. The highest BCUT2D eigenvalue weighted by atomic mass is 35.5. The quantitative estimate of drug-likeness (QED) is 0.355. The summed E-state index contributed by atoms with van der Waals surface area (Å²) in [4.78, 5) is 12.4. The maximum absolute atomic E-state index is 11.7. The van der Waals surface area contributed by atoms with Crippen molar-refractivity contribution < 1.29 is 24.1 Å². The molecule has 0 spiro atoms. The van der Waals surface area contributed by atoms with Crippen molar-refractivity contribution in [2.24, 2.45) is 0 Å². The summed E-state index contributed by atoms with van der Waals surface area (Å²) in [6.07, 6.45) is 1.48. The molecule has 3 rings (SSSR count). The van der Waals surface area contributed by atoms with Crippen LogP contribution in [0.3, 0.4) is 0 Å². The third-order valence-corrected chi connectivity index (χ3v) is 5.79. The van der Waals surface area contributed by atoms with Gasteiger partial charge in [-0.1, -0.05) is 37.6 Å². The maximum atomic E-state index is 11.7. The lowest BCUT2D eigenvalue weighted by Crippen LogP contribution is -2.07. The molecule has 29 heavy (non-hydrogen) atoms. The first-order valence-corrected chi connectivity index (χ1v) is 10.1. The summed E-state index contributed by atoms with van der Waals surface area (Å²) in [5.74, 6) is 0.471. The van der Waals surface area contributed by atoms with Crippen LogP contribution in [0.2, 0.25) is 5.02 Å². The number of ether oxygens (including phenoxy) is 3. The molecule has 0 unspecified atom stereocenters. The van der Waals surface area contributed by atoms with E-state index in [1.807, 2.05) is 18.2 Å². The number of rotatable bonds is 7. The predicted octanol–water partition coefficient (Wildman–Crippen LogP) is 6.20. The van der Waals surface area contributed by atoms with Gasteiger partial charge in [0.1, 0.15) is 5.75 Å². The van der Waals surface area contributed by atoms with Crippen molar-refractivity contribution >= 4 is 45.1 Å². The first-order valence-electron chi connectivity index (χ1n) is 8.90. The zero-order chi connectivity index (χ0) is 21.1. The van der Waals surface area contributed by atoms with E-state index in [-0.39, 0.29) is 5.76 Å². The summed E-state index contributed by atoms with van der Waals surface area (Å²) < 4.78 is 17.1. The summed E-state index contributed by atoms with van der Waals surface area (Å²) in [6, 6.07) is 11.0. The van der Waals surface area contributed by atoms with Crippen LogP contribution in [0.15, 0.2) is 42.2 Å². The minimum absolute atomic E-state index is 0.177. The number of carbonyl (C=O) groups is 1. The van der Waals surface area contributed by atoms with Crippen LogP contribution in [0.4, 0.5) is 0 Å². The van der Waals surface area contributed by atoms with Gasteiger partial charge in [0, 0.05) is 27.1 Å². The molecule has 1 aromatic heterocycles. The van der Waals surface area contributed by atoms with E-state index in [0.717, 1.165) is 15.6 Å². The van der Waals surface area contributed by atoms with Crippen LogP contribution < -0.4 is 14.2 Å². The van der Waals surface area contributed by atoms with Crippen LogP contribution in [0, 0.1) is 0 Å². The molecule has 0 atom stereocenters. The Morgan fingerprint density at radius 3 is 2.38 bits per heavy atom. The van der Waals surface area contributed by atoms with E-state index >= 15 is 0 Å². The number of carboxylic acids is 1. The number of thiophene rings is 1. The summed E-state index contributed by atoms with van der Waals surface area (Å²) in [6.45, 7) is 4.18. The number of benzene rings is 2. The smallest absolute Gasteiger partial charge is 0.371 e. The Labute approximate surface area is 178 Å². The van der Waals surface area contributed by atoms with Crippen molar-refractivity contribution in [1.29, 1.82) is 0 Å². The molecular weight excluding hydrogens is 412 g/mol. The molecule has 0 aliphatic carbocycles. The van der Waals surface area contributed by atoms with Crippen molar-refractivity contribution in [3.63, 3.8) is 0 Å². The van der Waals surface area contributed by atoms with E-state index in [0.29, 0.717) is 33.1 Å². The van der Waals surface area contributed by atoms with Gasteiger partial charge in [-0.05, 0) is 29.7 Å². The third kappa shape index (κ3) is 4.49. The molecule has 0 bridgehead atoms. The molecule has 7 heteroatoms. The second kappa shape index (κ2) is 8.76. The lowest BCUT2D eigenvalue weighted by atomic mass is 10.0. The Bertz CT molecular complexity index is 1070. The van der Waals surface area contributed by atoms with E-state index in [4.69, 9.17) is 25.8 Å². The van der Waals surface area contributed by atoms with Crippen LogP contribution >= 0.6 is 22.9 Å². The molecular formula is C22H21ClO5S. The van der Waals surface area contributed by atoms with Crippen LogP contribution in [-0.2, 0) is 4.79 Å². The molecule has 0 saturated carbocycles. The molecule has 0 radical (unpaired) electrons. The average Bonchev–Trinajstić information content (AvgIpc) is 3.10. The van der Waals surface area contributed by atoms with Gasteiger partial charge in [-0.3, -0.25) is 0 Å².